The maximum Gasteiger partial charge on any atom is 0.414 e. The molecule has 0 aliphatic rings. The molecular formula is C22H21NO5S. The lowest BCUT2D eigenvalue weighted by Crippen LogP contribution is -2.09. The zero-order valence-corrected chi connectivity index (χ0v) is 16.6. The van der Waals surface area contributed by atoms with E-state index in [0.29, 0.717) is 0 Å². The van der Waals surface area contributed by atoms with E-state index in [-0.39, 0.29) is 0 Å². The van der Waals surface area contributed by atoms with Crippen molar-refractivity contribution in [3.63, 3.8) is 0 Å². The van der Waals surface area contributed by atoms with E-state index in [1.54, 1.807) is 11.8 Å². The quantitative estimate of drug-likeness (QED) is 0.389. The van der Waals surface area contributed by atoms with Crippen molar-refractivity contribution in [3.05, 3.63) is 84.4 Å². The molecule has 0 saturated carbocycles. The van der Waals surface area contributed by atoms with Crippen LogP contribution in [0.5, 0.6) is 11.5 Å². The molecule has 0 fully saturated rings. The monoisotopic (exact) mass is 411 g/mol. The lowest BCUT2D eigenvalue weighted by molar-refractivity contribution is -0.159. The predicted molar refractivity (Wildman–Crippen MR) is 114 cm³/mol. The van der Waals surface area contributed by atoms with Crippen LogP contribution in [0.2, 0.25) is 0 Å². The summed E-state index contributed by atoms with van der Waals surface area (Å²) < 4.78 is 5.88. The SMILES string of the molecule is CSc1cccc(NCc2cccc(Oc3ccccc3)c2)c1.O=C(O)C(=O)O. The third-order valence-electron chi connectivity index (χ3n) is 3.63. The molecule has 7 heteroatoms. The van der Waals surface area contributed by atoms with Crippen LogP contribution < -0.4 is 10.1 Å². The number of nitrogens with one attached hydrogen (secondary N) is 1. The summed E-state index contributed by atoms with van der Waals surface area (Å²) in [6, 6.07) is 26.4. The number of para-hydroxylation sites is 1. The van der Waals surface area contributed by atoms with Crippen molar-refractivity contribution in [1.29, 1.82) is 0 Å². The van der Waals surface area contributed by atoms with Gasteiger partial charge in [0.1, 0.15) is 11.5 Å². The Morgan fingerprint density at radius 3 is 2.17 bits per heavy atom. The summed E-state index contributed by atoms with van der Waals surface area (Å²) in [5.41, 5.74) is 2.32. The topological polar surface area (TPSA) is 95.9 Å². The first-order valence-electron chi connectivity index (χ1n) is 8.64. The van der Waals surface area contributed by atoms with Crippen LogP contribution in [0.15, 0.2) is 83.8 Å². The highest BCUT2D eigenvalue weighted by molar-refractivity contribution is 7.98. The smallest absolute Gasteiger partial charge is 0.414 e. The van der Waals surface area contributed by atoms with E-state index in [4.69, 9.17) is 24.5 Å². The van der Waals surface area contributed by atoms with Gasteiger partial charge in [0, 0.05) is 17.1 Å². The lowest BCUT2D eigenvalue weighted by atomic mass is 10.2. The molecule has 3 aromatic carbocycles. The molecule has 3 aromatic rings. The number of hydrogen-bond donors (Lipinski definition) is 3. The van der Waals surface area contributed by atoms with Gasteiger partial charge >= 0.3 is 11.9 Å². The Bertz CT molecular complexity index is 935. The van der Waals surface area contributed by atoms with Crippen molar-refractivity contribution in [2.45, 2.75) is 11.4 Å². The van der Waals surface area contributed by atoms with Gasteiger partial charge in [-0.1, -0.05) is 36.4 Å². The fourth-order valence-electron chi connectivity index (χ4n) is 2.28. The van der Waals surface area contributed by atoms with Gasteiger partial charge in [-0.05, 0) is 54.3 Å². The van der Waals surface area contributed by atoms with Gasteiger partial charge in [-0.25, -0.2) is 9.59 Å². The number of hydrogen-bond acceptors (Lipinski definition) is 5. The first-order valence-corrected chi connectivity index (χ1v) is 9.86. The normalized spacial score (nSPS) is 9.69. The summed E-state index contributed by atoms with van der Waals surface area (Å²) in [7, 11) is 0. The summed E-state index contributed by atoms with van der Waals surface area (Å²) in [4.78, 5) is 19.5. The number of anilines is 1. The van der Waals surface area contributed by atoms with Gasteiger partial charge < -0.3 is 20.3 Å². The molecule has 0 saturated heterocycles. The second kappa shape index (κ2) is 11.4. The van der Waals surface area contributed by atoms with Gasteiger partial charge in [0.15, 0.2) is 0 Å². The molecular weight excluding hydrogens is 390 g/mol. The van der Waals surface area contributed by atoms with Crippen molar-refractivity contribution >= 4 is 29.4 Å². The number of thioether (sulfide) groups is 1. The minimum absolute atomic E-state index is 0.768. The van der Waals surface area contributed by atoms with Crippen molar-refractivity contribution in [2.24, 2.45) is 0 Å². The van der Waals surface area contributed by atoms with E-state index < -0.39 is 11.9 Å². The van der Waals surface area contributed by atoms with Crippen LogP contribution >= 0.6 is 11.8 Å². The van der Waals surface area contributed by atoms with Crippen molar-refractivity contribution in [1.82, 2.24) is 0 Å². The highest BCUT2D eigenvalue weighted by atomic mass is 32.2. The number of carboxylic acid groups (broad SMARTS) is 2. The molecule has 0 radical (unpaired) electrons. The number of aliphatic carboxylic acids is 2. The lowest BCUT2D eigenvalue weighted by Gasteiger charge is -2.10. The number of benzene rings is 3. The summed E-state index contributed by atoms with van der Waals surface area (Å²) in [6.45, 7) is 0.768. The Labute approximate surface area is 173 Å². The molecule has 6 nitrogen and oxygen atoms in total. The van der Waals surface area contributed by atoms with Gasteiger partial charge in [0.05, 0.1) is 0 Å². The molecule has 150 valence electrons. The molecule has 0 atom stereocenters. The van der Waals surface area contributed by atoms with Crippen LogP contribution in [-0.2, 0) is 16.1 Å². The summed E-state index contributed by atoms with van der Waals surface area (Å²) in [5.74, 6) is -1.94. The summed E-state index contributed by atoms with van der Waals surface area (Å²) in [6.07, 6.45) is 2.09. The zero-order chi connectivity index (χ0) is 21.1. The van der Waals surface area contributed by atoms with E-state index in [1.807, 2.05) is 42.5 Å². The minimum atomic E-state index is -1.82. The highest BCUT2D eigenvalue weighted by Crippen LogP contribution is 2.23. The van der Waals surface area contributed by atoms with Gasteiger partial charge in [0.2, 0.25) is 0 Å². The molecule has 0 spiro atoms. The number of ether oxygens (including phenoxy) is 1. The third kappa shape index (κ3) is 7.98. The summed E-state index contributed by atoms with van der Waals surface area (Å²) >= 11 is 1.75. The number of carboxylic acids is 2. The van der Waals surface area contributed by atoms with Crippen LogP contribution in [0.3, 0.4) is 0 Å². The number of carbonyl (C=O) groups is 2. The fraction of sp³-hybridized carbons (Fsp3) is 0.0909. The van der Waals surface area contributed by atoms with Crippen molar-refractivity contribution < 1.29 is 24.5 Å². The Balaban J connectivity index is 0.000000438. The first kappa shape index (κ1) is 21.8. The van der Waals surface area contributed by atoms with E-state index in [2.05, 4.69) is 48.0 Å². The van der Waals surface area contributed by atoms with Crippen LogP contribution in [0.1, 0.15) is 5.56 Å². The third-order valence-corrected chi connectivity index (χ3v) is 4.35. The molecule has 0 heterocycles. The van der Waals surface area contributed by atoms with E-state index >= 15 is 0 Å². The fourth-order valence-corrected chi connectivity index (χ4v) is 2.74. The maximum absolute atomic E-state index is 9.10. The standard InChI is InChI=1S/C20H19NOS.C2H2O4/c1-23-20-12-6-8-17(14-20)21-15-16-7-5-11-19(13-16)22-18-9-3-2-4-10-18;3-1(4)2(5)6/h2-14,21H,15H2,1H3;(H,3,4)(H,5,6). The Hall–Kier alpha value is -3.45. The average Bonchev–Trinajstić information content (AvgIpc) is 2.74. The molecule has 0 unspecified atom stereocenters. The highest BCUT2D eigenvalue weighted by Gasteiger charge is 2.04. The van der Waals surface area contributed by atoms with Crippen molar-refractivity contribution in [3.8, 4) is 11.5 Å². The second-order valence-electron chi connectivity index (χ2n) is 5.76. The second-order valence-corrected chi connectivity index (χ2v) is 6.64. The average molecular weight is 411 g/mol. The largest absolute Gasteiger partial charge is 0.473 e. The predicted octanol–water partition coefficient (Wildman–Crippen LogP) is 4.97. The molecule has 0 aliphatic carbocycles. The summed E-state index contributed by atoms with van der Waals surface area (Å²) in [5, 5.41) is 18.2. The van der Waals surface area contributed by atoms with Crippen LogP contribution in [0.4, 0.5) is 5.69 Å². The van der Waals surface area contributed by atoms with E-state index in [0.717, 1.165) is 23.7 Å². The molecule has 3 rings (SSSR count). The zero-order valence-electron chi connectivity index (χ0n) is 15.7. The Morgan fingerprint density at radius 1 is 0.862 bits per heavy atom. The Kier molecular flexibility index (Phi) is 8.59. The molecule has 3 N–H and O–H groups in total. The van der Waals surface area contributed by atoms with Crippen LogP contribution in [-0.4, -0.2) is 28.4 Å². The molecule has 0 aromatic heterocycles. The van der Waals surface area contributed by atoms with Gasteiger partial charge in [0.25, 0.3) is 0 Å². The molecule has 0 bridgehead atoms. The van der Waals surface area contributed by atoms with Crippen LogP contribution in [0, 0.1) is 0 Å². The molecule has 29 heavy (non-hydrogen) atoms. The van der Waals surface area contributed by atoms with E-state index in [9.17, 15) is 0 Å². The van der Waals surface area contributed by atoms with E-state index in [1.165, 1.54) is 10.5 Å². The number of rotatable bonds is 6. The van der Waals surface area contributed by atoms with Crippen molar-refractivity contribution in [2.75, 3.05) is 11.6 Å². The van der Waals surface area contributed by atoms with Crippen LogP contribution in [0.25, 0.3) is 0 Å². The molecule has 0 aliphatic heterocycles. The van der Waals surface area contributed by atoms with Gasteiger partial charge in [-0.3, -0.25) is 0 Å². The first-order chi connectivity index (χ1) is 14.0. The minimum Gasteiger partial charge on any atom is -0.473 e. The van der Waals surface area contributed by atoms with Gasteiger partial charge in [-0.15, -0.1) is 11.8 Å². The maximum atomic E-state index is 9.10. The van der Waals surface area contributed by atoms with Gasteiger partial charge in [-0.2, -0.15) is 0 Å². The molecule has 0 amide bonds. The Morgan fingerprint density at radius 2 is 1.52 bits per heavy atom.